The van der Waals surface area contributed by atoms with Gasteiger partial charge in [0.1, 0.15) is 11.8 Å². The number of amides is 1. The van der Waals surface area contributed by atoms with E-state index in [1.807, 2.05) is 23.6 Å². The average Bonchev–Trinajstić information content (AvgIpc) is 2.90. The highest BCUT2D eigenvalue weighted by Crippen LogP contribution is 2.16. The van der Waals surface area contributed by atoms with Crippen molar-refractivity contribution in [3.8, 4) is 11.8 Å². The molecule has 2 aromatic rings. The van der Waals surface area contributed by atoms with E-state index in [2.05, 4.69) is 5.32 Å². The van der Waals surface area contributed by atoms with Crippen molar-refractivity contribution in [1.82, 2.24) is 0 Å². The Morgan fingerprint density at radius 3 is 2.74 bits per heavy atom. The Labute approximate surface area is 115 Å². The minimum Gasteiger partial charge on any atom is -0.479 e. The lowest BCUT2D eigenvalue weighted by Gasteiger charge is -2.06. The van der Waals surface area contributed by atoms with Gasteiger partial charge in [-0.05, 0) is 35.7 Å². The van der Waals surface area contributed by atoms with Gasteiger partial charge in [-0.25, -0.2) is 0 Å². The van der Waals surface area contributed by atoms with Gasteiger partial charge in [0.05, 0.1) is 6.42 Å². The van der Waals surface area contributed by atoms with E-state index in [1.165, 1.54) is 0 Å². The zero-order valence-corrected chi connectivity index (χ0v) is 10.9. The first-order chi connectivity index (χ1) is 9.28. The van der Waals surface area contributed by atoms with Crippen molar-refractivity contribution in [3.63, 3.8) is 0 Å². The van der Waals surface area contributed by atoms with Crippen molar-refractivity contribution in [3.05, 3.63) is 46.7 Å². The third kappa shape index (κ3) is 4.12. The summed E-state index contributed by atoms with van der Waals surface area (Å²) in [6.07, 6.45) is 0.379. The molecule has 1 amide bonds. The molecule has 0 spiro atoms. The van der Waals surface area contributed by atoms with E-state index >= 15 is 0 Å². The van der Waals surface area contributed by atoms with Crippen LogP contribution in [-0.2, 0) is 11.2 Å². The van der Waals surface area contributed by atoms with E-state index in [4.69, 9.17) is 10.00 Å². The normalized spacial score (nSPS) is 9.63. The lowest BCUT2D eigenvalue weighted by atomic mass is 10.2. The van der Waals surface area contributed by atoms with Crippen LogP contribution >= 0.6 is 11.3 Å². The number of carbonyl (C=O) groups excluding carboxylic acids is 1. The van der Waals surface area contributed by atoms with Crippen molar-refractivity contribution in [2.24, 2.45) is 0 Å². The van der Waals surface area contributed by atoms with Crippen molar-refractivity contribution >= 4 is 22.9 Å². The van der Waals surface area contributed by atoms with Crippen LogP contribution < -0.4 is 10.1 Å². The Balaban J connectivity index is 1.88. The highest BCUT2D eigenvalue weighted by molar-refractivity contribution is 7.10. The quantitative estimate of drug-likeness (QED) is 0.910. The van der Waals surface area contributed by atoms with Crippen LogP contribution in [0.3, 0.4) is 0 Å². The SMILES string of the molecule is N#CCOc1ccc(NC(=O)Cc2cccs2)cc1. The predicted molar refractivity (Wildman–Crippen MR) is 74.2 cm³/mol. The maximum Gasteiger partial charge on any atom is 0.229 e. The first-order valence-corrected chi connectivity index (χ1v) is 6.58. The number of carbonyl (C=O) groups is 1. The fraction of sp³-hybridized carbons (Fsp3) is 0.143. The molecule has 19 heavy (non-hydrogen) atoms. The second kappa shape index (κ2) is 6.57. The summed E-state index contributed by atoms with van der Waals surface area (Å²) in [5, 5.41) is 13.2. The minimum atomic E-state index is -0.0480. The molecule has 0 aliphatic heterocycles. The predicted octanol–water partition coefficient (Wildman–Crippen LogP) is 2.83. The van der Waals surface area contributed by atoms with Gasteiger partial charge in [0, 0.05) is 10.6 Å². The lowest BCUT2D eigenvalue weighted by Crippen LogP contribution is -2.13. The summed E-state index contributed by atoms with van der Waals surface area (Å²) in [4.78, 5) is 12.8. The molecule has 1 aromatic carbocycles. The van der Waals surface area contributed by atoms with Crippen LogP contribution in [0, 0.1) is 11.3 Å². The highest BCUT2D eigenvalue weighted by atomic mass is 32.1. The van der Waals surface area contributed by atoms with Gasteiger partial charge in [0.25, 0.3) is 0 Å². The first kappa shape index (κ1) is 13.1. The first-order valence-electron chi connectivity index (χ1n) is 5.70. The number of thiophene rings is 1. The summed E-state index contributed by atoms with van der Waals surface area (Å²) in [5.41, 5.74) is 0.714. The number of rotatable bonds is 5. The Morgan fingerprint density at radius 2 is 2.11 bits per heavy atom. The van der Waals surface area contributed by atoms with Gasteiger partial charge in [-0.1, -0.05) is 6.07 Å². The number of nitriles is 1. The molecule has 0 unspecified atom stereocenters. The molecule has 0 saturated carbocycles. The molecule has 4 nitrogen and oxygen atoms in total. The Morgan fingerprint density at radius 1 is 1.32 bits per heavy atom. The number of benzene rings is 1. The molecule has 0 fully saturated rings. The molecular weight excluding hydrogens is 260 g/mol. The molecule has 0 aliphatic rings. The second-order valence-electron chi connectivity index (χ2n) is 3.78. The summed E-state index contributed by atoms with van der Waals surface area (Å²) >= 11 is 1.56. The fourth-order valence-corrected chi connectivity index (χ4v) is 2.23. The average molecular weight is 272 g/mol. The number of ether oxygens (including phenoxy) is 1. The van der Waals surface area contributed by atoms with Crippen molar-refractivity contribution < 1.29 is 9.53 Å². The van der Waals surface area contributed by atoms with Crippen molar-refractivity contribution in [2.45, 2.75) is 6.42 Å². The van der Waals surface area contributed by atoms with Gasteiger partial charge in [0.2, 0.25) is 5.91 Å². The molecule has 0 saturated heterocycles. The molecule has 0 atom stereocenters. The molecule has 0 bridgehead atoms. The van der Waals surface area contributed by atoms with E-state index in [1.54, 1.807) is 35.6 Å². The Kier molecular flexibility index (Phi) is 4.54. The minimum absolute atomic E-state index is 0.0179. The fourth-order valence-electron chi connectivity index (χ4n) is 1.53. The van der Waals surface area contributed by atoms with Gasteiger partial charge in [-0.2, -0.15) is 5.26 Å². The summed E-state index contributed by atoms with van der Waals surface area (Å²) in [7, 11) is 0. The lowest BCUT2D eigenvalue weighted by molar-refractivity contribution is -0.115. The van der Waals surface area contributed by atoms with Crippen LogP contribution in [0.2, 0.25) is 0 Å². The number of nitrogens with one attached hydrogen (secondary N) is 1. The maximum atomic E-state index is 11.8. The third-order valence-electron chi connectivity index (χ3n) is 2.36. The number of anilines is 1. The van der Waals surface area contributed by atoms with Crippen molar-refractivity contribution in [2.75, 3.05) is 11.9 Å². The van der Waals surface area contributed by atoms with Crippen LogP contribution in [0.4, 0.5) is 5.69 Å². The molecule has 5 heteroatoms. The largest absolute Gasteiger partial charge is 0.479 e. The summed E-state index contributed by atoms with van der Waals surface area (Å²) in [5.74, 6) is 0.561. The van der Waals surface area contributed by atoms with Crippen LogP contribution in [0.5, 0.6) is 5.75 Å². The van der Waals surface area contributed by atoms with Crippen LogP contribution in [0.25, 0.3) is 0 Å². The molecule has 2 rings (SSSR count). The number of hydrogen-bond donors (Lipinski definition) is 1. The van der Waals surface area contributed by atoms with Gasteiger partial charge in [-0.15, -0.1) is 11.3 Å². The van der Waals surface area contributed by atoms with Gasteiger partial charge < -0.3 is 10.1 Å². The maximum absolute atomic E-state index is 11.8. The molecule has 96 valence electrons. The second-order valence-corrected chi connectivity index (χ2v) is 4.81. The topological polar surface area (TPSA) is 62.1 Å². The Hall–Kier alpha value is -2.32. The molecule has 1 heterocycles. The van der Waals surface area contributed by atoms with Crippen LogP contribution in [-0.4, -0.2) is 12.5 Å². The molecular formula is C14H12N2O2S. The summed E-state index contributed by atoms with van der Waals surface area (Å²) in [6.45, 7) is 0.0179. The number of hydrogen-bond acceptors (Lipinski definition) is 4. The molecule has 0 radical (unpaired) electrons. The highest BCUT2D eigenvalue weighted by Gasteiger charge is 2.04. The molecule has 0 aliphatic carbocycles. The van der Waals surface area contributed by atoms with Gasteiger partial charge in [-0.3, -0.25) is 4.79 Å². The smallest absolute Gasteiger partial charge is 0.229 e. The zero-order valence-electron chi connectivity index (χ0n) is 10.1. The number of nitrogens with zero attached hydrogens (tertiary/aromatic N) is 1. The van der Waals surface area contributed by atoms with E-state index in [9.17, 15) is 4.79 Å². The van der Waals surface area contributed by atoms with Crippen LogP contribution in [0.15, 0.2) is 41.8 Å². The Bertz CT molecular complexity index is 570. The van der Waals surface area contributed by atoms with Gasteiger partial charge >= 0.3 is 0 Å². The van der Waals surface area contributed by atoms with E-state index in [0.29, 0.717) is 17.9 Å². The summed E-state index contributed by atoms with van der Waals surface area (Å²) in [6, 6.07) is 12.7. The standard InChI is InChI=1S/C14H12N2O2S/c15-7-8-18-12-5-3-11(4-6-12)16-14(17)10-13-2-1-9-19-13/h1-6,9H,8,10H2,(H,16,17). The monoisotopic (exact) mass is 272 g/mol. The molecule has 1 aromatic heterocycles. The van der Waals surface area contributed by atoms with E-state index < -0.39 is 0 Å². The van der Waals surface area contributed by atoms with Crippen LogP contribution in [0.1, 0.15) is 4.88 Å². The van der Waals surface area contributed by atoms with E-state index in [-0.39, 0.29) is 12.5 Å². The van der Waals surface area contributed by atoms with Gasteiger partial charge in [0.15, 0.2) is 6.61 Å². The summed E-state index contributed by atoms with van der Waals surface area (Å²) < 4.78 is 5.13. The molecule has 1 N–H and O–H groups in total. The van der Waals surface area contributed by atoms with Crippen molar-refractivity contribution in [1.29, 1.82) is 5.26 Å². The van der Waals surface area contributed by atoms with E-state index in [0.717, 1.165) is 4.88 Å². The third-order valence-corrected chi connectivity index (χ3v) is 3.23. The zero-order chi connectivity index (χ0) is 13.5.